The maximum Gasteiger partial charge on any atom is 0.128 e. The molecule has 0 spiro atoms. The fourth-order valence-corrected chi connectivity index (χ4v) is 3.97. The molecule has 0 aliphatic carbocycles. The van der Waals surface area contributed by atoms with Crippen LogP contribution in [-0.4, -0.2) is 24.5 Å². The summed E-state index contributed by atoms with van der Waals surface area (Å²) in [5.41, 5.74) is 1.12. The maximum absolute atomic E-state index is 14.5. The van der Waals surface area contributed by atoms with Gasteiger partial charge in [0.2, 0.25) is 0 Å². The molecule has 1 atom stereocenters. The standard InChI is InChI=1S/C25H33FN2/c1-4-17-28(19-15-22-11-6-5-7-12-22)18-10-16-25(20-27,21(2)3)23-13-8-9-14-24(23)26/h5-9,11-14,21H,4,10,15-19H2,1-3H3. The van der Waals surface area contributed by atoms with Gasteiger partial charge in [-0.1, -0.05) is 69.3 Å². The number of rotatable bonds is 11. The first-order valence-electron chi connectivity index (χ1n) is 10.5. The van der Waals surface area contributed by atoms with Gasteiger partial charge < -0.3 is 4.90 Å². The van der Waals surface area contributed by atoms with Crippen LogP contribution in [0.25, 0.3) is 0 Å². The van der Waals surface area contributed by atoms with Crippen LogP contribution in [-0.2, 0) is 11.8 Å². The van der Waals surface area contributed by atoms with Gasteiger partial charge in [0.15, 0.2) is 0 Å². The molecule has 0 fully saturated rings. The Kier molecular flexibility index (Phi) is 8.67. The summed E-state index contributed by atoms with van der Waals surface area (Å²) in [5, 5.41) is 10.0. The molecule has 2 nitrogen and oxygen atoms in total. The van der Waals surface area contributed by atoms with Crippen molar-refractivity contribution in [2.75, 3.05) is 19.6 Å². The Labute approximate surface area is 170 Å². The van der Waals surface area contributed by atoms with Crippen molar-refractivity contribution in [1.82, 2.24) is 4.90 Å². The largest absolute Gasteiger partial charge is 0.303 e. The quantitative estimate of drug-likeness (QED) is 0.479. The minimum absolute atomic E-state index is 0.0540. The third-order valence-corrected chi connectivity index (χ3v) is 5.68. The van der Waals surface area contributed by atoms with Crippen molar-refractivity contribution >= 4 is 0 Å². The van der Waals surface area contributed by atoms with Gasteiger partial charge in [-0.05, 0) is 56.3 Å². The van der Waals surface area contributed by atoms with E-state index < -0.39 is 5.41 Å². The lowest BCUT2D eigenvalue weighted by Crippen LogP contribution is -2.34. The molecule has 150 valence electrons. The van der Waals surface area contributed by atoms with Crippen LogP contribution in [0.3, 0.4) is 0 Å². The summed E-state index contributed by atoms with van der Waals surface area (Å²) in [6.45, 7) is 9.24. The summed E-state index contributed by atoms with van der Waals surface area (Å²) in [4.78, 5) is 2.47. The fraction of sp³-hybridized carbons (Fsp3) is 0.480. The smallest absolute Gasteiger partial charge is 0.128 e. The van der Waals surface area contributed by atoms with Crippen LogP contribution < -0.4 is 0 Å². The van der Waals surface area contributed by atoms with E-state index >= 15 is 0 Å². The Morgan fingerprint density at radius 3 is 2.29 bits per heavy atom. The summed E-state index contributed by atoms with van der Waals surface area (Å²) in [7, 11) is 0. The van der Waals surface area contributed by atoms with Crippen LogP contribution in [0.1, 0.15) is 51.2 Å². The second-order valence-corrected chi connectivity index (χ2v) is 7.90. The second kappa shape index (κ2) is 11.0. The average Bonchev–Trinajstić information content (AvgIpc) is 2.71. The molecule has 1 unspecified atom stereocenters. The molecule has 28 heavy (non-hydrogen) atoms. The van der Waals surface area contributed by atoms with Gasteiger partial charge in [-0.15, -0.1) is 0 Å². The maximum atomic E-state index is 14.5. The van der Waals surface area contributed by atoms with Crippen LogP contribution in [0.2, 0.25) is 0 Å². The number of halogens is 1. The van der Waals surface area contributed by atoms with Crippen LogP contribution in [0.4, 0.5) is 4.39 Å². The van der Waals surface area contributed by atoms with E-state index in [1.54, 1.807) is 12.1 Å². The first kappa shape index (κ1) is 22.1. The van der Waals surface area contributed by atoms with Gasteiger partial charge in [-0.2, -0.15) is 5.26 Å². The molecule has 2 aromatic rings. The molecule has 0 N–H and O–H groups in total. The predicted octanol–water partition coefficient (Wildman–Crippen LogP) is 5.98. The Hall–Kier alpha value is -2.18. The average molecular weight is 381 g/mol. The molecule has 2 aromatic carbocycles. The van der Waals surface area contributed by atoms with E-state index in [9.17, 15) is 9.65 Å². The number of nitriles is 1. The van der Waals surface area contributed by atoms with Gasteiger partial charge in [0, 0.05) is 12.1 Å². The van der Waals surface area contributed by atoms with Crippen molar-refractivity contribution in [3.63, 3.8) is 0 Å². The monoisotopic (exact) mass is 380 g/mol. The third-order valence-electron chi connectivity index (χ3n) is 5.68. The van der Waals surface area contributed by atoms with E-state index in [2.05, 4.69) is 42.2 Å². The Balaban J connectivity index is 2.03. The van der Waals surface area contributed by atoms with Crippen molar-refractivity contribution in [3.8, 4) is 6.07 Å². The summed E-state index contributed by atoms with van der Waals surface area (Å²) in [6.07, 6.45) is 3.69. The summed E-state index contributed by atoms with van der Waals surface area (Å²) in [5.74, 6) is -0.217. The first-order chi connectivity index (χ1) is 13.5. The zero-order valence-corrected chi connectivity index (χ0v) is 17.5. The van der Waals surface area contributed by atoms with E-state index in [1.165, 1.54) is 11.6 Å². The lowest BCUT2D eigenvalue weighted by atomic mass is 9.69. The van der Waals surface area contributed by atoms with Gasteiger partial charge in [-0.3, -0.25) is 0 Å². The molecular formula is C25H33FN2. The SMILES string of the molecule is CCCN(CCCC(C#N)(c1ccccc1F)C(C)C)CCc1ccccc1. The fourth-order valence-electron chi connectivity index (χ4n) is 3.97. The van der Waals surface area contributed by atoms with Crippen LogP contribution in [0.5, 0.6) is 0 Å². The van der Waals surface area contributed by atoms with Crippen molar-refractivity contribution < 1.29 is 4.39 Å². The van der Waals surface area contributed by atoms with Gasteiger partial charge in [0.05, 0.1) is 11.5 Å². The van der Waals surface area contributed by atoms with Crippen LogP contribution in [0, 0.1) is 23.1 Å². The van der Waals surface area contributed by atoms with E-state index in [-0.39, 0.29) is 11.7 Å². The van der Waals surface area contributed by atoms with E-state index in [1.807, 2.05) is 26.0 Å². The number of benzene rings is 2. The molecule has 2 rings (SSSR count). The second-order valence-electron chi connectivity index (χ2n) is 7.90. The normalized spacial score (nSPS) is 13.5. The number of hydrogen-bond donors (Lipinski definition) is 0. The molecule has 0 bridgehead atoms. The highest BCUT2D eigenvalue weighted by Gasteiger charge is 2.37. The molecule has 0 radical (unpaired) electrons. The molecule has 0 aliphatic rings. The number of hydrogen-bond acceptors (Lipinski definition) is 2. The van der Waals surface area contributed by atoms with Gasteiger partial charge in [0.25, 0.3) is 0 Å². The highest BCUT2D eigenvalue weighted by atomic mass is 19.1. The van der Waals surface area contributed by atoms with Crippen molar-refractivity contribution in [3.05, 3.63) is 71.5 Å². The molecule has 3 heteroatoms. The Bertz CT molecular complexity index is 751. The third kappa shape index (κ3) is 5.66. The van der Waals surface area contributed by atoms with Gasteiger partial charge >= 0.3 is 0 Å². The van der Waals surface area contributed by atoms with E-state index in [4.69, 9.17) is 0 Å². The van der Waals surface area contributed by atoms with Crippen LogP contribution >= 0.6 is 0 Å². The van der Waals surface area contributed by atoms with Crippen LogP contribution in [0.15, 0.2) is 54.6 Å². The molecule has 0 aromatic heterocycles. The lowest BCUT2D eigenvalue weighted by Gasteiger charge is -2.32. The van der Waals surface area contributed by atoms with Crippen molar-refractivity contribution in [2.24, 2.45) is 5.92 Å². The topological polar surface area (TPSA) is 27.0 Å². The predicted molar refractivity (Wildman–Crippen MR) is 115 cm³/mol. The van der Waals surface area contributed by atoms with Crippen molar-refractivity contribution in [2.45, 2.75) is 51.9 Å². The summed E-state index contributed by atoms with van der Waals surface area (Å²) >= 11 is 0. The molecule has 0 heterocycles. The van der Waals surface area contributed by atoms with E-state index in [0.29, 0.717) is 12.0 Å². The molecule has 0 amide bonds. The molecule has 0 saturated carbocycles. The highest BCUT2D eigenvalue weighted by Crippen LogP contribution is 2.37. The summed E-state index contributed by atoms with van der Waals surface area (Å²) in [6, 6.07) is 19.8. The first-order valence-corrected chi connectivity index (χ1v) is 10.5. The van der Waals surface area contributed by atoms with Gasteiger partial charge in [-0.25, -0.2) is 4.39 Å². The number of nitrogens with zero attached hydrogens (tertiary/aromatic N) is 2. The lowest BCUT2D eigenvalue weighted by molar-refractivity contribution is 0.252. The van der Waals surface area contributed by atoms with Crippen molar-refractivity contribution in [1.29, 1.82) is 5.26 Å². The Morgan fingerprint density at radius 1 is 1.00 bits per heavy atom. The highest BCUT2D eigenvalue weighted by molar-refractivity contribution is 5.34. The minimum atomic E-state index is -0.775. The van der Waals surface area contributed by atoms with Gasteiger partial charge in [0.1, 0.15) is 5.82 Å². The molecular weight excluding hydrogens is 347 g/mol. The summed E-state index contributed by atoms with van der Waals surface area (Å²) < 4.78 is 14.5. The molecule has 0 aliphatic heterocycles. The zero-order valence-electron chi connectivity index (χ0n) is 17.5. The Morgan fingerprint density at radius 2 is 1.68 bits per heavy atom. The molecule has 0 saturated heterocycles. The zero-order chi connectivity index (χ0) is 20.4. The minimum Gasteiger partial charge on any atom is -0.303 e. The van der Waals surface area contributed by atoms with E-state index in [0.717, 1.165) is 38.9 Å².